The number of benzene rings is 3. The first-order chi connectivity index (χ1) is 13.5. The maximum atomic E-state index is 4.43. The van der Waals surface area contributed by atoms with Gasteiger partial charge in [-0.25, -0.2) is 0 Å². The van der Waals surface area contributed by atoms with Crippen LogP contribution in [0.25, 0.3) is 33.5 Å². The largest absolute Gasteiger partial charge is 0.256 e. The quantitative estimate of drug-likeness (QED) is 0.363. The van der Waals surface area contributed by atoms with Crippen molar-refractivity contribution in [2.24, 2.45) is 0 Å². The molecule has 4 rings (SSSR count). The Kier molecular flexibility index (Phi) is 4.97. The molecule has 0 aliphatic rings. The average Bonchev–Trinajstić information content (AvgIpc) is 2.74. The summed E-state index contributed by atoms with van der Waals surface area (Å²) in [7, 11) is -1.26. The van der Waals surface area contributed by atoms with Crippen molar-refractivity contribution in [2.45, 2.75) is 19.6 Å². The normalized spacial score (nSPS) is 11.4. The van der Waals surface area contributed by atoms with E-state index in [0.29, 0.717) is 0 Å². The van der Waals surface area contributed by atoms with Gasteiger partial charge in [-0.05, 0) is 40.5 Å². The van der Waals surface area contributed by atoms with Crippen LogP contribution in [-0.2, 0) is 0 Å². The van der Waals surface area contributed by atoms with Crippen molar-refractivity contribution in [1.82, 2.24) is 4.98 Å². The van der Waals surface area contributed by atoms with Crippen LogP contribution in [0.5, 0.6) is 0 Å². The Morgan fingerprint density at radius 3 is 1.64 bits per heavy atom. The zero-order chi connectivity index (χ0) is 19.6. The highest BCUT2D eigenvalue weighted by Crippen LogP contribution is 2.28. The lowest BCUT2D eigenvalue weighted by Gasteiger charge is -2.17. The van der Waals surface area contributed by atoms with Crippen molar-refractivity contribution in [3.8, 4) is 33.5 Å². The number of nitrogens with zero attached hydrogens (tertiary/aromatic N) is 1. The lowest BCUT2D eigenvalue weighted by Crippen LogP contribution is -2.37. The molecule has 0 saturated carbocycles. The Morgan fingerprint density at radius 2 is 1.11 bits per heavy atom. The molecule has 0 aliphatic carbocycles. The van der Waals surface area contributed by atoms with E-state index in [4.69, 9.17) is 0 Å². The molecule has 0 atom stereocenters. The van der Waals surface area contributed by atoms with Crippen LogP contribution in [-0.4, -0.2) is 13.1 Å². The van der Waals surface area contributed by atoms with Gasteiger partial charge >= 0.3 is 0 Å². The van der Waals surface area contributed by atoms with Crippen molar-refractivity contribution in [3.63, 3.8) is 0 Å². The van der Waals surface area contributed by atoms with Gasteiger partial charge in [-0.1, -0.05) is 97.6 Å². The molecule has 0 amide bonds. The van der Waals surface area contributed by atoms with E-state index in [1.165, 1.54) is 27.4 Å². The molecule has 0 bridgehead atoms. The summed E-state index contributed by atoms with van der Waals surface area (Å²) in [5.41, 5.74) is 7.13. The third-order valence-corrected chi connectivity index (χ3v) is 7.19. The van der Waals surface area contributed by atoms with Crippen LogP contribution in [0.3, 0.4) is 0 Å². The Bertz CT molecular complexity index is 1060. The van der Waals surface area contributed by atoms with E-state index in [1.54, 1.807) is 0 Å². The standard InChI is InChI=1S/C26H25NSi/c1-28(2,3)25-16-14-21(15-17-25)24-8-6-7-23(19-24)20-10-12-22(13-11-20)26-9-4-5-18-27-26/h4-19H,1-3H3. The van der Waals surface area contributed by atoms with Crippen molar-refractivity contribution >= 4 is 13.3 Å². The van der Waals surface area contributed by atoms with Gasteiger partial charge in [0, 0.05) is 11.8 Å². The highest BCUT2D eigenvalue weighted by Gasteiger charge is 2.15. The Balaban J connectivity index is 1.62. The minimum atomic E-state index is -1.26. The zero-order valence-corrected chi connectivity index (χ0v) is 17.7. The summed E-state index contributed by atoms with van der Waals surface area (Å²) in [6.45, 7) is 7.16. The highest BCUT2D eigenvalue weighted by atomic mass is 28.3. The minimum absolute atomic E-state index is 1.00. The monoisotopic (exact) mass is 379 g/mol. The second-order valence-corrected chi connectivity index (χ2v) is 13.3. The van der Waals surface area contributed by atoms with Crippen molar-refractivity contribution in [2.75, 3.05) is 0 Å². The number of aromatic nitrogens is 1. The fourth-order valence-electron chi connectivity index (χ4n) is 3.41. The van der Waals surface area contributed by atoms with E-state index >= 15 is 0 Å². The van der Waals surface area contributed by atoms with Gasteiger partial charge in [0.1, 0.15) is 0 Å². The molecule has 0 fully saturated rings. The molecule has 138 valence electrons. The van der Waals surface area contributed by atoms with Gasteiger partial charge in [-0.2, -0.15) is 0 Å². The van der Waals surface area contributed by atoms with Gasteiger partial charge in [0.15, 0.2) is 0 Å². The molecule has 3 aromatic carbocycles. The SMILES string of the molecule is C[Si](C)(C)c1ccc(-c2cccc(-c3ccc(-c4ccccn4)cc3)c2)cc1. The third-order valence-electron chi connectivity index (χ3n) is 5.13. The summed E-state index contributed by atoms with van der Waals surface area (Å²) in [5.74, 6) is 0. The van der Waals surface area contributed by atoms with Gasteiger partial charge in [0.25, 0.3) is 0 Å². The molecule has 0 aliphatic heterocycles. The second kappa shape index (κ2) is 7.57. The summed E-state index contributed by atoms with van der Waals surface area (Å²) in [6.07, 6.45) is 1.83. The third kappa shape index (κ3) is 3.97. The number of pyridine rings is 1. The molecule has 0 N–H and O–H groups in total. The molecule has 0 saturated heterocycles. The van der Waals surface area contributed by atoms with Gasteiger partial charge in [-0.15, -0.1) is 0 Å². The second-order valence-electron chi connectivity index (χ2n) is 8.20. The van der Waals surface area contributed by atoms with Crippen LogP contribution in [0.4, 0.5) is 0 Å². The average molecular weight is 380 g/mol. The molecule has 0 radical (unpaired) electrons. The molecule has 2 heteroatoms. The van der Waals surface area contributed by atoms with Gasteiger partial charge in [0.2, 0.25) is 0 Å². The predicted molar refractivity (Wildman–Crippen MR) is 124 cm³/mol. The van der Waals surface area contributed by atoms with Gasteiger partial charge in [-0.3, -0.25) is 4.98 Å². The fourth-order valence-corrected chi connectivity index (χ4v) is 4.57. The van der Waals surface area contributed by atoms with E-state index in [1.807, 2.05) is 24.4 Å². The summed E-state index contributed by atoms with van der Waals surface area (Å²) in [5, 5.41) is 1.50. The Morgan fingerprint density at radius 1 is 0.536 bits per heavy atom. The number of rotatable bonds is 4. The summed E-state index contributed by atoms with van der Waals surface area (Å²) in [4.78, 5) is 4.43. The van der Waals surface area contributed by atoms with Crippen molar-refractivity contribution in [1.29, 1.82) is 0 Å². The first kappa shape index (κ1) is 18.4. The van der Waals surface area contributed by atoms with E-state index in [9.17, 15) is 0 Å². The van der Waals surface area contributed by atoms with Crippen LogP contribution in [0.1, 0.15) is 0 Å². The fraction of sp³-hybridized carbons (Fsp3) is 0.115. The van der Waals surface area contributed by atoms with Crippen molar-refractivity contribution in [3.05, 3.63) is 97.2 Å². The summed E-state index contributed by atoms with van der Waals surface area (Å²) in [6, 6.07) is 32.6. The highest BCUT2D eigenvalue weighted by molar-refractivity contribution is 6.88. The van der Waals surface area contributed by atoms with Crippen LogP contribution in [0, 0.1) is 0 Å². The number of hydrogen-bond acceptors (Lipinski definition) is 1. The Labute approximate surface area is 168 Å². The van der Waals surface area contributed by atoms with E-state index in [0.717, 1.165) is 11.3 Å². The maximum absolute atomic E-state index is 4.43. The van der Waals surface area contributed by atoms with Gasteiger partial charge < -0.3 is 0 Å². The zero-order valence-electron chi connectivity index (χ0n) is 16.7. The van der Waals surface area contributed by atoms with E-state index in [-0.39, 0.29) is 0 Å². The molecule has 1 heterocycles. The first-order valence-corrected chi connectivity index (χ1v) is 13.2. The predicted octanol–water partition coefficient (Wildman–Crippen LogP) is 6.63. The molecule has 0 unspecified atom stereocenters. The lowest BCUT2D eigenvalue weighted by molar-refractivity contribution is 1.33. The molecule has 1 nitrogen and oxygen atoms in total. The van der Waals surface area contributed by atoms with Crippen LogP contribution < -0.4 is 5.19 Å². The van der Waals surface area contributed by atoms with Crippen LogP contribution >= 0.6 is 0 Å². The molecule has 1 aromatic heterocycles. The van der Waals surface area contributed by atoms with Gasteiger partial charge in [0.05, 0.1) is 13.8 Å². The minimum Gasteiger partial charge on any atom is -0.256 e. The smallest absolute Gasteiger partial charge is 0.0775 e. The summed E-state index contributed by atoms with van der Waals surface area (Å²) < 4.78 is 0. The molecule has 0 spiro atoms. The molecular formula is C26H25NSi. The Hall–Kier alpha value is -2.97. The molecule has 28 heavy (non-hydrogen) atoms. The van der Waals surface area contributed by atoms with Crippen LogP contribution in [0.2, 0.25) is 19.6 Å². The van der Waals surface area contributed by atoms with E-state index in [2.05, 4.69) is 97.4 Å². The first-order valence-electron chi connectivity index (χ1n) is 9.73. The van der Waals surface area contributed by atoms with Crippen LogP contribution in [0.15, 0.2) is 97.2 Å². The topological polar surface area (TPSA) is 12.9 Å². The van der Waals surface area contributed by atoms with Crippen molar-refractivity contribution < 1.29 is 0 Å². The molecular weight excluding hydrogens is 354 g/mol. The maximum Gasteiger partial charge on any atom is 0.0775 e. The molecule has 4 aromatic rings. The van der Waals surface area contributed by atoms with E-state index < -0.39 is 8.07 Å². The lowest BCUT2D eigenvalue weighted by atomic mass is 9.98. The number of hydrogen-bond donors (Lipinski definition) is 0. The summed E-state index contributed by atoms with van der Waals surface area (Å²) >= 11 is 0.